The molecule has 1 fully saturated rings. The Kier molecular flexibility index (Phi) is 12.2. The van der Waals surface area contributed by atoms with Gasteiger partial charge in [-0.3, -0.25) is 0 Å². The van der Waals surface area contributed by atoms with Crippen molar-refractivity contribution >= 4 is 28.6 Å². The first-order valence-corrected chi connectivity index (χ1v) is 16.6. The summed E-state index contributed by atoms with van der Waals surface area (Å²) in [4.78, 5) is 15.3. The van der Waals surface area contributed by atoms with E-state index >= 15 is 0 Å². The summed E-state index contributed by atoms with van der Waals surface area (Å²) in [6.45, 7) is 4.65. The Balaban J connectivity index is 1.09. The zero-order chi connectivity index (χ0) is 28.1. The maximum absolute atomic E-state index is 13.3. The first kappa shape index (κ1) is 30.9. The molecule has 2 aromatic heterocycles. The Morgan fingerprint density at radius 3 is 2.20 bits per heavy atom. The molecule has 2 atom stereocenters. The fourth-order valence-corrected chi connectivity index (χ4v) is 7.25. The Hall–Kier alpha value is -2.03. The van der Waals surface area contributed by atoms with E-state index in [1.165, 1.54) is 31.2 Å². The molecule has 3 aromatic rings. The fourth-order valence-electron chi connectivity index (χ4n) is 5.63. The van der Waals surface area contributed by atoms with Crippen LogP contribution < -0.4 is 0 Å². The van der Waals surface area contributed by atoms with E-state index in [2.05, 4.69) is 37.4 Å². The van der Waals surface area contributed by atoms with E-state index in [-0.39, 0.29) is 18.9 Å². The van der Waals surface area contributed by atoms with E-state index in [1.54, 1.807) is 22.7 Å². The molecule has 1 saturated heterocycles. The molecule has 40 heavy (non-hydrogen) atoms. The van der Waals surface area contributed by atoms with Gasteiger partial charge in [0.25, 0.3) is 0 Å². The van der Waals surface area contributed by atoms with Crippen molar-refractivity contribution in [3.05, 3.63) is 80.7 Å². The van der Waals surface area contributed by atoms with E-state index < -0.39 is 11.6 Å². The minimum Gasteiger partial charge on any atom is -0.454 e. The number of quaternary nitrogens is 1. The molecule has 1 aliphatic heterocycles. The van der Waals surface area contributed by atoms with Crippen molar-refractivity contribution in [2.45, 2.75) is 75.9 Å². The minimum absolute atomic E-state index is 0.133. The SMILES string of the molecule is C[N+]1(CCCCCCOCCCCc2ccccc2)CCC(OC(=O)C(O)(Cc2cccs2)Cc2cccs2)C1. The molecule has 0 amide bonds. The number of thiophene rings is 2. The zero-order valence-corrected chi connectivity index (χ0v) is 25.6. The van der Waals surface area contributed by atoms with Gasteiger partial charge in [-0.2, -0.15) is 0 Å². The number of benzene rings is 1. The standard InChI is InChI=1S/C33H46NO4S2/c1-34(19-8-2-3-9-21-37-22-10-7-15-28-13-5-4-6-14-28)20-18-29(27-34)38-32(35)33(36,25-30-16-11-23-39-30)26-31-17-12-24-40-31/h4-6,11-14,16-17,23-24,29,36H,2-3,7-10,15,18-22,25-27H2,1H3/q+1. The summed E-state index contributed by atoms with van der Waals surface area (Å²) < 4.78 is 12.8. The lowest BCUT2D eigenvalue weighted by atomic mass is 9.93. The van der Waals surface area contributed by atoms with Crippen molar-refractivity contribution in [3.8, 4) is 0 Å². The topological polar surface area (TPSA) is 55.8 Å². The number of rotatable bonds is 18. The number of unbranched alkanes of at least 4 members (excludes halogenated alkanes) is 4. The van der Waals surface area contributed by atoms with Crippen LogP contribution >= 0.6 is 22.7 Å². The van der Waals surface area contributed by atoms with Crippen molar-refractivity contribution < 1.29 is 23.9 Å². The average Bonchev–Trinajstić information content (AvgIpc) is 3.72. The van der Waals surface area contributed by atoms with Crippen molar-refractivity contribution in [1.82, 2.24) is 0 Å². The molecule has 4 rings (SSSR count). The number of likely N-dealkylation sites (tertiary alicyclic amines) is 1. The third kappa shape index (κ3) is 10.1. The number of carbonyl (C=O) groups is 1. The van der Waals surface area contributed by atoms with Crippen molar-refractivity contribution in [1.29, 1.82) is 0 Å². The summed E-state index contributed by atoms with van der Waals surface area (Å²) in [5.41, 5.74) is -0.128. The van der Waals surface area contributed by atoms with Gasteiger partial charge < -0.3 is 19.1 Å². The average molecular weight is 585 g/mol. The van der Waals surface area contributed by atoms with Crippen LogP contribution in [0, 0.1) is 0 Å². The van der Waals surface area contributed by atoms with E-state index in [4.69, 9.17) is 9.47 Å². The largest absolute Gasteiger partial charge is 0.454 e. The second-order valence-corrected chi connectivity index (χ2v) is 13.6. The number of aliphatic hydroxyl groups is 1. The molecule has 0 aliphatic carbocycles. The first-order chi connectivity index (χ1) is 19.4. The third-order valence-electron chi connectivity index (χ3n) is 7.97. The number of likely N-dealkylation sites (N-methyl/N-ethyl adjacent to an activating group) is 1. The van der Waals surface area contributed by atoms with Gasteiger partial charge in [0.05, 0.1) is 20.1 Å². The summed E-state index contributed by atoms with van der Waals surface area (Å²) in [6.07, 6.45) is 9.43. The van der Waals surface area contributed by atoms with Gasteiger partial charge in [0.2, 0.25) is 0 Å². The first-order valence-electron chi connectivity index (χ1n) is 14.9. The molecular weight excluding hydrogens is 539 g/mol. The summed E-state index contributed by atoms with van der Waals surface area (Å²) in [6, 6.07) is 18.5. The van der Waals surface area contributed by atoms with Crippen LogP contribution in [0.3, 0.4) is 0 Å². The van der Waals surface area contributed by atoms with Crippen molar-refractivity contribution in [3.63, 3.8) is 0 Å². The van der Waals surface area contributed by atoms with E-state index in [0.29, 0.717) is 0 Å². The second kappa shape index (κ2) is 15.8. The molecular formula is C33H46NO4S2+. The highest BCUT2D eigenvalue weighted by Gasteiger charge is 2.43. The number of ether oxygens (including phenoxy) is 2. The second-order valence-electron chi connectivity index (χ2n) is 11.6. The maximum Gasteiger partial charge on any atom is 0.339 e. The van der Waals surface area contributed by atoms with Gasteiger partial charge in [-0.25, -0.2) is 4.79 Å². The molecule has 0 saturated carbocycles. The number of carbonyl (C=O) groups excluding carboxylic acids is 1. The quantitative estimate of drug-likeness (QED) is 0.103. The highest BCUT2D eigenvalue weighted by atomic mass is 32.1. The lowest BCUT2D eigenvalue weighted by Gasteiger charge is -2.30. The molecule has 1 N–H and O–H groups in total. The molecule has 0 radical (unpaired) electrons. The van der Waals surface area contributed by atoms with Gasteiger partial charge in [-0.05, 0) is 67.0 Å². The van der Waals surface area contributed by atoms with Gasteiger partial charge in [0.15, 0.2) is 11.7 Å². The van der Waals surface area contributed by atoms with Gasteiger partial charge >= 0.3 is 5.97 Å². The van der Waals surface area contributed by atoms with Crippen LogP contribution in [0.15, 0.2) is 65.4 Å². The van der Waals surface area contributed by atoms with Crippen LogP contribution in [0.25, 0.3) is 0 Å². The van der Waals surface area contributed by atoms with Crippen LogP contribution in [0.4, 0.5) is 0 Å². The van der Waals surface area contributed by atoms with Gasteiger partial charge in [-0.15, -0.1) is 22.7 Å². The van der Waals surface area contributed by atoms with E-state index in [1.807, 2.05) is 35.0 Å². The Morgan fingerprint density at radius 2 is 1.55 bits per heavy atom. The Morgan fingerprint density at radius 1 is 0.900 bits per heavy atom. The van der Waals surface area contributed by atoms with E-state index in [9.17, 15) is 9.90 Å². The molecule has 2 unspecified atom stereocenters. The minimum atomic E-state index is -1.54. The fraction of sp³-hybridized carbons (Fsp3) is 0.545. The highest BCUT2D eigenvalue weighted by Crippen LogP contribution is 2.28. The normalized spacial score (nSPS) is 19.2. The number of aryl methyl sites for hydroxylation is 1. The summed E-state index contributed by atoms with van der Waals surface area (Å²) >= 11 is 3.13. The number of nitrogens with zero attached hydrogens (tertiary/aromatic N) is 1. The number of esters is 1. The van der Waals surface area contributed by atoms with Crippen LogP contribution in [0.2, 0.25) is 0 Å². The summed E-state index contributed by atoms with van der Waals surface area (Å²) in [7, 11) is 2.27. The molecule has 0 spiro atoms. The predicted octanol–water partition coefficient (Wildman–Crippen LogP) is 6.69. The monoisotopic (exact) mass is 584 g/mol. The molecule has 7 heteroatoms. The molecule has 218 valence electrons. The zero-order valence-electron chi connectivity index (χ0n) is 24.0. The predicted molar refractivity (Wildman–Crippen MR) is 165 cm³/mol. The van der Waals surface area contributed by atoms with Crippen molar-refractivity contribution in [2.75, 3.05) is 39.9 Å². The molecule has 0 bridgehead atoms. The van der Waals surface area contributed by atoms with Gasteiger partial charge in [0.1, 0.15) is 6.54 Å². The van der Waals surface area contributed by atoms with Crippen LogP contribution in [0.1, 0.15) is 60.3 Å². The van der Waals surface area contributed by atoms with Crippen molar-refractivity contribution in [2.24, 2.45) is 0 Å². The molecule has 5 nitrogen and oxygen atoms in total. The molecule has 3 heterocycles. The lowest BCUT2D eigenvalue weighted by molar-refractivity contribution is -0.899. The van der Waals surface area contributed by atoms with E-state index in [0.717, 1.165) is 72.8 Å². The lowest BCUT2D eigenvalue weighted by Crippen LogP contribution is -2.47. The number of hydrogen-bond acceptors (Lipinski definition) is 6. The van der Waals surface area contributed by atoms with Gasteiger partial charge in [0, 0.05) is 42.2 Å². The number of hydrogen-bond donors (Lipinski definition) is 1. The Labute approximate surface area is 248 Å². The van der Waals surface area contributed by atoms with Crippen LogP contribution in [0.5, 0.6) is 0 Å². The van der Waals surface area contributed by atoms with Crippen LogP contribution in [-0.4, -0.2) is 67.2 Å². The maximum atomic E-state index is 13.3. The summed E-state index contributed by atoms with van der Waals surface area (Å²) in [5, 5.41) is 15.4. The smallest absolute Gasteiger partial charge is 0.339 e. The Bertz CT molecular complexity index is 1070. The van der Waals surface area contributed by atoms with Crippen LogP contribution in [-0.2, 0) is 33.5 Å². The molecule has 1 aromatic carbocycles. The molecule has 1 aliphatic rings. The van der Waals surface area contributed by atoms with Gasteiger partial charge in [-0.1, -0.05) is 48.9 Å². The summed E-state index contributed by atoms with van der Waals surface area (Å²) in [5.74, 6) is -0.479. The third-order valence-corrected chi connectivity index (χ3v) is 9.72. The highest BCUT2D eigenvalue weighted by molar-refractivity contribution is 7.10.